The first-order chi connectivity index (χ1) is 9.10. The highest BCUT2D eigenvalue weighted by Crippen LogP contribution is 2.34. The van der Waals surface area contributed by atoms with Crippen LogP contribution in [0.3, 0.4) is 0 Å². The summed E-state index contributed by atoms with van der Waals surface area (Å²) in [5.74, 6) is 1.68. The average Bonchev–Trinajstić information content (AvgIpc) is 3.01. The molecular weight excluding hydrogens is 242 g/mol. The maximum atomic E-state index is 5.76. The number of hydrogen-bond acceptors (Lipinski definition) is 5. The number of aromatic nitrogens is 2. The predicted octanol–water partition coefficient (Wildman–Crippen LogP) is 2.59. The van der Waals surface area contributed by atoms with Crippen LogP contribution in [-0.4, -0.2) is 29.3 Å². The first kappa shape index (κ1) is 14.5. The van der Waals surface area contributed by atoms with E-state index in [1.807, 2.05) is 6.92 Å². The van der Waals surface area contributed by atoms with Gasteiger partial charge in [0, 0.05) is 12.6 Å². The zero-order valence-corrected chi connectivity index (χ0v) is 12.4. The number of nitrogens with zero attached hydrogens (tertiary/aromatic N) is 2. The van der Waals surface area contributed by atoms with Crippen molar-refractivity contribution in [3.63, 3.8) is 0 Å². The van der Waals surface area contributed by atoms with Crippen LogP contribution >= 0.6 is 0 Å². The molecule has 5 nitrogen and oxygen atoms in total. The largest absolute Gasteiger partial charge is 0.367 e. The van der Waals surface area contributed by atoms with Crippen LogP contribution in [0.2, 0.25) is 0 Å². The molecule has 2 heterocycles. The normalized spacial score (nSPS) is 26.5. The van der Waals surface area contributed by atoms with Gasteiger partial charge in [-0.25, -0.2) is 0 Å². The number of nitrogens with one attached hydrogen (secondary N) is 1. The lowest BCUT2D eigenvalue weighted by Gasteiger charge is -2.20. The minimum atomic E-state index is -0.360. The van der Waals surface area contributed by atoms with Gasteiger partial charge in [-0.15, -0.1) is 0 Å². The van der Waals surface area contributed by atoms with Crippen molar-refractivity contribution in [2.24, 2.45) is 0 Å². The summed E-state index contributed by atoms with van der Waals surface area (Å²) in [6, 6.07) is 0.334. The molecule has 1 aromatic rings. The molecule has 0 aromatic carbocycles. The van der Waals surface area contributed by atoms with E-state index in [2.05, 4.69) is 36.2 Å². The summed E-state index contributed by atoms with van der Waals surface area (Å²) in [7, 11) is 0. The Morgan fingerprint density at radius 3 is 2.79 bits per heavy atom. The quantitative estimate of drug-likeness (QED) is 0.858. The number of rotatable bonds is 6. The SMILES string of the molecule is CCNC(C)C(CC)c1nc(C2(C)CCCO2)no1. The summed E-state index contributed by atoms with van der Waals surface area (Å²) in [5, 5.41) is 7.57. The van der Waals surface area contributed by atoms with E-state index in [1.165, 1.54) is 0 Å². The lowest BCUT2D eigenvalue weighted by Crippen LogP contribution is -2.32. The lowest BCUT2D eigenvalue weighted by atomic mass is 9.97. The average molecular weight is 267 g/mol. The molecular formula is C14H25N3O2. The second kappa shape index (κ2) is 6.01. The molecule has 108 valence electrons. The Morgan fingerprint density at radius 2 is 2.21 bits per heavy atom. The molecule has 1 fully saturated rings. The van der Waals surface area contributed by atoms with Crippen molar-refractivity contribution in [3.05, 3.63) is 11.7 Å². The number of hydrogen-bond donors (Lipinski definition) is 1. The van der Waals surface area contributed by atoms with Gasteiger partial charge in [-0.05, 0) is 39.7 Å². The maximum absolute atomic E-state index is 5.76. The molecule has 2 rings (SSSR count). The molecule has 0 radical (unpaired) electrons. The van der Waals surface area contributed by atoms with Gasteiger partial charge in [-0.2, -0.15) is 4.98 Å². The van der Waals surface area contributed by atoms with Gasteiger partial charge in [-0.1, -0.05) is 19.0 Å². The van der Waals surface area contributed by atoms with Gasteiger partial charge in [0.1, 0.15) is 5.60 Å². The van der Waals surface area contributed by atoms with Crippen LogP contribution in [0.25, 0.3) is 0 Å². The van der Waals surface area contributed by atoms with Gasteiger partial charge in [0.25, 0.3) is 0 Å². The van der Waals surface area contributed by atoms with Crippen molar-refractivity contribution in [2.45, 2.75) is 64.5 Å². The molecule has 5 heteroatoms. The highest BCUT2D eigenvalue weighted by atomic mass is 16.5. The van der Waals surface area contributed by atoms with Crippen LogP contribution < -0.4 is 5.32 Å². The van der Waals surface area contributed by atoms with Crippen molar-refractivity contribution >= 4 is 0 Å². The standard InChI is InChI=1S/C14H25N3O2/c1-5-11(10(3)15-6-2)12-16-13(17-19-12)14(4)8-7-9-18-14/h10-11,15H,5-9H2,1-4H3. The van der Waals surface area contributed by atoms with Gasteiger partial charge in [0.2, 0.25) is 11.7 Å². The minimum Gasteiger partial charge on any atom is -0.367 e. The fraction of sp³-hybridized carbons (Fsp3) is 0.857. The van der Waals surface area contributed by atoms with Crippen LogP contribution in [0.1, 0.15) is 64.6 Å². The smallest absolute Gasteiger partial charge is 0.231 e. The molecule has 0 amide bonds. The van der Waals surface area contributed by atoms with Gasteiger partial charge < -0.3 is 14.6 Å². The van der Waals surface area contributed by atoms with Crippen LogP contribution in [0.4, 0.5) is 0 Å². The van der Waals surface area contributed by atoms with Crippen LogP contribution in [-0.2, 0) is 10.3 Å². The van der Waals surface area contributed by atoms with Gasteiger partial charge in [0.15, 0.2) is 0 Å². The topological polar surface area (TPSA) is 60.2 Å². The fourth-order valence-corrected chi connectivity index (χ4v) is 2.76. The second-order valence-corrected chi connectivity index (χ2v) is 5.50. The predicted molar refractivity (Wildman–Crippen MR) is 73.0 cm³/mol. The van der Waals surface area contributed by atoms with Gasteiger partial charge >= 0.3 is 0 Å². The molecule has 19 heavy (non-hydrogen) atoms. The van der Waals surface area contributed by atoms with Crippen molar-refractivity contribution in [1.29, 1.82) is 0 Å². The summed E-state index contributed by atoms with van der Waals surface area (Å²) in [5.41, 5.74) is -0.360. The van der Waals surface area contributed by atoms with Crippen LogP contribution in [0.15, 0.2) is 4.52 Å². The van der Waals surface area contributed by atoms with Crippen molar-refractivity contribution in [3.8, 4) is 0 Å². The van der Waals surface area contributed by atoms with Crippen LogP contribution in [0, 0.1) is 0 Å². The number of likely N-dealkylation sites (N-methyl/N-ethyl adjacent to an activating group) is 1. The van der Waals surface area contributed by atoms with E-state index in [9.17, 15) is 0 Å². The van der Waals surface area contributed by atoms with E-state index in [4.69, 9.17) is 9.26 Å². The second-order valence-electron chi connectivity index (χ2n) is 5.50. The van der Waals surface area contributed by atoms with Crippen molar-refractivity contribution < 1.29 is 9.26 Å². The monoisotopic (exact) mass is 267 g/mol. The molecule has 0 saturated carbocycles. The summed E-state index contributed by atoms with van der Waals surface area (Å²) >= 11 is 0. The third kappa shape index (κ3) is 2.98. The zero-order chi connectivity index (χ0) is 13.9. The molecule has 1 aliphatic heterocycles. The summed E-state index contributed by atoms with van der Waals surface area (Å²) < 4.78 is 11.2. The van der Waals surface area contributed by atoms with Gasteiger partial charge in [-0.3, -0.25) is 0 Å². The number of ether oxygens (including phenoxy) is 1. The maximum Gasteiger partial charge on any atom is 0.231 e. The third-order valence-corrected chi connectivity index (χ3v) is 4.02. The first-order valence-corrected chi connectivity index (χ1v) is 7.32. The van der Waals surface area contributed by atoms with E-state index in [-0.39, 0.29) is 11.5 Å². The molecule has 1 aliphatic rings. The van der Waals surface area contributed by atoms with E-state index in [0.29, 0.717) is 11.9 Å². The summed E-state index contributed by atoms with van der Waals surface area (Å²) in [6.07, 6.45) is 3.00. The third-order valence-electron chi connectivity index (χ3n) is 4.02. The molecule has 0 aliphatic carbocycles. The Morgan fingerprint density at radius 1 is 1.42 bits per heavy atom. The summed E-state index contributed by atoms with van der Waals surface area (Å²) in [6.45, 7) is 10.2. The molecule has 0 spiro atoms. The molecule has 1 N–H and O–H groups in total. The first-order valence-electron chi connectivity index (χ1n) is 7.32. The van der Waals surface area contributed by atoms with Gasteiger partial charge in [0.05, 0.1) is 5.92 Å². The van der Waals surface area contributed by atoms with E-state index < -0.39 is 0 Å². The van der Waals surface area contributed by atoms with Crippen molar-refractivity contribution in [1.82, 2.24) is 15.5 Å². The van der Waals surface area contributed by atoms with Crippen LogP contribution in [0.5, 0.6) is 0 Å². The molecule has 1 saturated heterocycles. The minimum absolute atomic E-state index is 0.256. The molecule has 0 bridgehead atoms. The van der Waals surface area contributed by atoms with Crippen molar-refractivity contribution in [2.75, 3.05) is 13.2 Å². The lowest BCUT2D eigenvalue weighted by molar-refractivity contribution is 0.00768. The Labute approximate surface area is 115 Å². The zero-order valence-electron chi connectivity index (χ0n) is 12.4. The molecule has 3 atom stereocenters. The highest BCUT2D eigenvalue weighted by Gasteiger charge is 2.37. The van der Waals surface area contributed by atoms with E-state index in [1.54, 1.807) is 0 Å². The van der Waals surface area contributed by atoms with E-state index >= 15 is 0 Å². The Hall–Kier alpha value is -0.940. The highest BCUT2D eigenvalue weighted by molar-refractivity contribution is 5.05. The van der Waals surface area contributed by atoms with E-state index in [0.717, 1.165) is 38.3 Å². The molecule has 3 unspecified atom stereocenters. The molecule has 1 aromatic heterocycles. The Kier molecular flexibility index (Phi) is 4.58. The summed E-state index contributed by atoms with van der Waals surface area (Å²) in [4.78, 5) is 4.60. The Bertz CT molecular complexity index is 399. The Balaban J connectivity index is 2.14. The fourth-order valence-electron chi connectivity index (χ4n) is 2.76.